The average molecular weight is 261 g/mol. The van der Waals surface area contributed by atoms with Gasteiger partial charge in [0, 0.05) is 23.6 Å². The first-order chi connectivity index (χ1) is 9.06. The van der Waals surface area contributed by atoms with Crippen molar-refractivity contribution in [3.8, 4) is 0 Å². The van der Waals surface area contributed by atoms with E-state index in [0.29, 0.717) is 11.3 Å². The number of esters is 1. The van der Waals surface area contributed by atoms with Gasteiger partial charge in [0.1, 0.15) is 0 Å². The zero-order valence-electron chi connectivity index (χ0n) is 10.8. The van der Waals surface area contributed by atoms with Gasteiger partial charge in [-0.3, -0.25) is 4.79 Å². The molecular weight excluding hydrogens is 246 g/mol. The third-order valence-corrected chi connectivity index (χ3v) is 3.03. The number of hydrogen-bond donors (Lipinski definition) is 1. The molecule has 0 spiro atoms. The monoisotopic (exact) mass is 261 g/mol. The van der Waals surface area contributed by atoms with Crippen molar-refractivity contribution in [3.05, 3.63) is 35.5 Å². The summed E-state index contributed by atoms with van der Waals surface area (Å²) >= 11 is 0. The second-order valence-electron chi connectivity index (χ2n) is 4.19. The van der Waals surface area contributed by atoms with Gasteiger partial charge in [-0.1, -0.05) is 18.2 Å². The van der Waals surface area contributed by atoms with E-state index in [-0.39, 0.29) is 13.0 Å². The predicted molar refractivity (Wildman–Crippen MR) is 70.2 cm³/mol. The predicted octanol–water partition coefficient (Wildman–Crippen LogP) is 1.98. The number of fused-ring (bicyclic) bond motifs is 1. The van der Waals surface area contributed by atoms with Gasteiger partial charge in [0.2, 0.25) is 0 Å². The van der Waals surface area contributed by atoms with Gasteiger partial charge in [0.05, 0.1) is 18.6 Å². The average Bonchev–Trinajstić information content (AvgIpc) is 2.63. The second-order valence-corrected chi connectivity index (χ2v) is 4.19. The van der Waals surface area contributed by atoms with Crippen LogP contribution in [0.2, 0.25) is 0 Å². The fourth-order valence-corrected chi connectivity index (χ4v) is 2.23. The van der Waals surface area contributed by atoms with Gasteiger partial charge in [-0.2, -0.15) is 0 Å². The van der Waals surface area contributed by atoms with Crippen LogP contribution in [-0.4, -0.2) is 28.2 Å². The molecule has 0 fully saturated rings. The summed E-state index contributed by atoms with van der Waals surface area (Å²) in [5.74, 6) is -1.45. The molecule has 0 unspecified atom stereocenters. The molecule has 0 bridgehead atoms. The quantitative estimate of drug-likeness (QED) is 0.854. The highest BCUT2D eigenvalue weighted by atomic mass is 16.5. The Balaban J connectivity index is 2.69. The van der Waals surface area contributed by atoms with Crippen molar-refractivity contribution in [2.24, 2.45) is 7.05 Å². The number of aromatic nitrogens is 1. The van der Waals surface area contributed by atoms with E-state index in [1.54, 1.807) is 24.6 Å². The first kappa shape index (κ1) is 13.1. The number of carboxylic acid groups (broad SMARTS) is 1. The van der Waals surface area contributed by atoms with Crippen LogP contribution in [0, 0.1) is 0 Å². The van der Waals surface area contributed by atoms with Gasteiger partial charge < -0.3 is 14.4 Å². The number of rotatable bonds is 4. The highest BCUT2D eigenvalue weighted by molar-refractivity contribution is 6.06. The third kappa shape index (κ3) is 2.31. The van der Waals surface area contributed by atoms with Crippen molar-refractivity contribution in [1.29, 1.82) is 0 Å². The van der Waals surface area contributed by atoms with Gasteiger partial charge in [-0.05, 0) is 13.0 Å². The van der Waals surface area contributed by atoms with Gasteiger partial charge in [0.25, 0.3) is 0 Å². The summed E-state index contributed by atoms with van der Waals surface area (Å²) < 4.78 is 6.76. The molecule has 0 saturated carbocycles. The Morgan fingerprint density at radius 2 is 2.00 bits per heavy atom. The first-order valence-corrected chi connectivity index (χ1v) is 6.01. The van der Waals surface area contributed by atoms with Crippen LogP contribution >= 0.6 is 0 Å². The molecule has 2 rings (SSSR count). The van der Waals surface area contributed by atoms with Crippen LogP contribution in [0.1, 0.15) is 23.0 Å². The molecule has 1 aromatic heterocycles. The number of aliphatic carboxylic acids is 1. The highest BCUT2D eigenvalue weighted by Crippen LogP contribution is 2.26. The smallest absolute Gasteiger partial charge is 0.340 e. The van der Waals surface area contributed by atoms with E-state index in [1.807, 2.05) is 18.2 Å². The number of nitrogens with zero attached hydrogens (tertiary/aromatic N) is 1. The van der Waals surface area contributed by atoms with Crippen LogP contribution in [0.5, 0.6) is 0 Å². The minimum atomic E-state index is -0.976. The molecule has 0 aliphatic carbocycles. The van der Waals surface area contributed by atoms with Crippen LogP contribution < -0.4 is 0 Å². The molecule has 0 amide bonds. The topological polar surface area (TPSA) is 68.5 Å². The van der Waals surface area contributed by atoms with E-state index in [0.717, 1.165) is 10.9 Å². The summed E-state index contributed by atoms with van der Waals surface area (Å²) in [6, 6.07) is 7.31. The fourth-order valence-electron chi connectivity index (χ4n) is 2.23. The van der Waals surface area contributed by atoms with Gasteiger partial charge >= 0.3 is 11.9 Å². The lowest BCUT2D eigenvalue weighted by atomic mass is 10.1. The molecule has 0 aliphatic rings. The second kappa shape index (κ2) is 5.14. The summed E-state index contributed by atoms with van der Waals surface area (Å²) in [4.78, 5) is 23.0. The lowest BCUT2D eigenvalue weighted by molar-refractivity contribution is -0.136. The number of carbonyl (C=O) groups excluding carboxylic acids is 1. The Morgan fingerprint density at radius 1 is 1.32 bits per heavy atom. The van der Waals surface area contributed by atoms with Crippen LogP contribution in [-0.2, 0) is 23.0 Å². The molecule has 0 aliphatic heterocycles. The van der Waals surface area contributed by atoms with Crippen LogP contribution in [0.3, 0.4) is 0 Å². The lowest BCUT2D eigenvalue weighted by Crippen LogP contribution is -2.12. The van der Waals surface area contributed by atoms with E-state index in [4.69, 9.17) is 9.84 Å². The largest absolute Gasteiger partial charge is 0.481 e. The molecule has 5 heteroatoms. The molecule has 19 heavy (non-hydrogen) atoms. The van der Waals surface area contributed by atoms with Crippen LogP contribution in [0.4, 0.5) is 0 Å². The molecule has 0 radical (unpaired) electrons. The Morgan fingerprint density at radius 3 is 2.63 bits per heavy atom. The fraction of sp³-hybridized carbons (Fsp3) is 0.286. The number of aryl methyl sites for hydroxylation is 1. The van der Waals surface area contributed by atoms with Crippen LogP contribution in [0.25, 0.3) is 10.9 Å². The van der Waals surface area contributed by atoms with Crippen molar-refractivity contribution in [2.45, 2.75) is 13.3 Å². The number of benzene rings is 1. The van der Waals surface area contributed by atoms with Gasteiger partial charge in [-0.25, -0.2) is 4.79 Å². The minimum absolute atomic E-state index is 0.209. The van der Waals surface area contributed by atoms with Gasteiger partial charge in [-0.15, -0.1) is 0 Å². The standard InChI is InChI=1S/C14H15NO4/c1-3-19-14(18)13-9-6-4-5-7-10(9)15(2)11(13)8-12(16)17/h4-7H,3,8H2,1-2H3,(H,16,17). The summed E-state index contributed by atoms with van der Waals surface area (Å²) in [7, 11) is 1.75. The molecule has 0 atom stereocenters. The Bertz CT molecular complexity index is 642. The van der Waals surface area contributed by atoms with Crippen molar-refractivity contribution in [3.63, 3.8) is 0 Å². The molecule has 5 nitrogen and oxygen atoms in total. The maximum atomic E-state index is 12.0. The number of para-hydroxylation sites is 1. The molecule has 100 valence electrons. The summed E-state index contributed by atoms with van der Waals surface area (Å²) in [6.45, 7) is 1.98. The zero-order chi connectivity index (χ0) is 14.0. The number of hydrogen-bond acceptors (Lipinski definition) is 3. The molecule has 2 aromatic rings. The molecule has 1 aromatic carbocycles. The minimum Gasteiger partial charge on any atom is -0.481 e. The van der Waals surface area contributed by atoms with E-state index in [2.05, 4.69) is 0 Å². The Labute approximate surface area is 110 Å². The van der Waals surface area contributed by atoms with Crippen molar-refractivity contribution in [2.75, 3.05) is 6.61 Å². The maximum absolute atomic E-state index is 12.0. The number of ether oxygens (including phenoxy) is 1. The summed E-state index contributed by atoms with van der Waals surface area (Å²) in [5.41, 5.74) is 1.64. The lowest BCUT2D eigenvalue weighted by Gasteiger charge is -2.05. The zero-order valence-corrected chi connectivity index (χ0v) is 10.8. The Hall–Kier alpha value is -2.30. The molecular formula is C14H15NO4. The number of carbonyl (C=O) groups is 2. The molecule has 0 saturated heterocycles. The van der Waals surface area contributed by atoms with Crippen LogP contribution in [0.15, 0.2) is 24.3 Å². The molecule has 1 heterocycles. The van der Waals surface area contributed by atoms with Gasteiger partial charge in [0.15, 0.2) is 0 Å². The van der Waals surface area contributed by atoms with Crippen molar-refractivity contribution in [1.82, 2.24) is 4.57 Å². The number of carboxylic acids is 1. The van der Waals surface area contributed by atoms with E-state index >= 15 is 0 Å². The highest BCUT2D eigenvalue weighted by Gasteiger charge is 2.23. The molecule has 1 N–H and O–H groups in total. The summed E-state index contributed by atoms with van der Waals surface area (Å²) in [5, 5.41) is 9.71. The van der Waals surface area contributed by atoms with Crippen molar-refractivity contribution < 1.29 is 19.4 Å². The normalized spacial score (nSPS) is 10.6. The summed E-state index contributed by atoms with van der Waals surface area (Å²) in [6.07, 6.45) is -0.209. The van der Waals surface area contributed by atoms with E-state index in [9.17, 15) is 9.59 Å². The third-order valence-electron chi connectivity index (χ3n) is 3.03. The first-order valence-electron chi connectivity index (χ1n) is 6.01. The SMILES string of the molecule is CCOC(=O)c1c(CC(=O)O)n(C)c2ccccc12. The van der Waals surface area contributed by atoms with E-state index in [1.165, 1.54) is 0 Å². The maximum Gasteiger partial charge on any atom is 0.340 e. The van der Waals surface area contributed by atoms with E-state index < -0.39 is 11.9 Å². The van der Waals surface area contributed by atoms with Crippen molar-refractivity contribution >= 4 is 22.8 Å². The Kier molecular flexibility index (Phi) is 3.55.